The number of rotatable bonds is 17. The van der Waals surface area contributed by atoms with Gasteiger partial charge in [-0.25, -0.2) is 8.78 Å². The highest BCUT2D eigenvalue weighted by Gasteiger charge is 2.54. The molecule has 110 heavy (non-hydrogen) atoms. The summed E-state index contributed by atoms with van der Waals surface area (Å²) in [5, 5.41) is 23.0. The normalized spacial score (nSPS) is 22.4. The molecule has 6 aliphatic heterocycles. The van der Waals surface area contributed by atoms with Crippen LogP contribution in [0.4, 0.5) is 37.2 Å². The first-order valence-electron chi connectivity index (χ1n) is 36.9. The maximum Gasteiger partial charge on any atom is 0.318 e. The van der Waals surface area contributed by atoms with Gasteiger partial charge < -0.3 is 44.8 Å². The van der Waals surface area contributed by atoms with Crippen molar-refractivity contribution in [2.75, 3.05) is 24.5 Å². The second kappa shape index (κ2) is 39.1. The van der Waals surface area contributed by atoms with Gasteiger partial charge in [0, 0.05) is 107 Å². The minimum atomic E-state index is -2.05. The Balaban J connectivity index is 0.000000157. The molecule has 19 nitrogen and oxygen atoms in total. The first-order chi connectivity index (χ1) is 52.6. The van der Waals surface area contributed by atoms with Crippen molar-refractivity contribution in [2.45, 2.75) is 167 Å². The topological polar surface area (TPSA) is 249 Å². The molecular weight excluding hydrogens is 1450 g/mol. The number of benzene rings is 8. The predicted molar refractivity (Wildman–Crippen MR) is 420 cm³/mol. The molecule has 6 saturated heterocycles. The number of aryl methyl sites for hydroxylation is 2. The van der Waals surface area contributed by atoms with Crippen LogP contribution >= 0.6 is 23.2 Å². The van der Waals surface area contributed by atoms with Crippen LogP contribution < -0.4 is 29.8 Å². The molecule has 0 aromatic heterocycles. The molecule has 8 aromatic carbocycles. The molecule has 6 amide bonds. The number of Topliss-reactive ketones (excluding diaryl/α,β-unsaturated/α-hetero) is 2. The minimum Gasteiger partial charge on any atom is -0.481 e. The van der Waals surface area contributed by atoms with Crippen LogP contribution in [-0.2, 0) is 72.1 Å². The van der Waals surface area contributed by atoms with Crippen LogP contribution in [0.25, 0.3) is 0 Å². The lowest BCUT2D eigenvalue weighted by Crippen LogP contribution is -2.47. The van der Waals surface area contributed by atoms with Crippen molar-refractivity contribution in [2.24, 2.45) is 17.8 Å². The number of ether oxygens (including phenoxy) is 1. The standard InChI is InChI=1S/C20H19ClFNO3.C20H19ClFNO2.C19H19NO3.C12H13NO3.C11H13NO.C5H9NO/c1-13-12-20(26,19(25)23(13)17-5-3-2-4-6-17)18(24)8-7-14-9-15(21)11-16(22)10-14;1-13-9-18(20(25)23(13)17-5-3-2-4-6-17)19(24)8-7-14-10-15(21)12-16(22)11-14;1-14-12-17(18(21)20(14)16-10-6-3-7-11-16)19(22)23-13-15-8-4-2-5-9-15;1-8-7-10(12(15)16)11(14)13(8)9-5-3-2-4-6-9;1-9-7-8-11(13)12(9)10-5-3-2-4-6-10;1-4-2-3-5(7)6-4/h2-6,9-11,13,26H,7-8,12H2,1H3;2-6,10-13,18H,7-9H2,1H3;2-11,14,17H,12-13H2,1H3;2-6,8,10H,7H2,1H3,(H,15,16);2-6,9H,7-8H2,1H3;4H,2-3H2,1H3,(H,6,7). The average molecular weight is 1540 g/mol. The molecule has 0 radical (unpaired) electrons. The summed E-state index contributed by atoms with van der Waals surface area (Å²) < 4.78 is 32.1. The number of esters is 1. The number of para-hydroxylation sites is 5. The number of carbonyl (C=O) groups excluding carboxylic acids is 9. The summed E-state index contributed by atoms with van der Waals surface area (Å²) in [6.45, 7) is 11.9. The largest absolute Gasteiger partial charge is 0.481 e. The highest BCUT2D eigenvalue weighted by Crippen LogP contribution is 2.37. The van der Waals surface area contributed by atoms with Gasteiger partial charge in [0.05, 0.1) is 5.92 Å². The van der Waals surface area contributed by atoms with Crippen LogP contribution in [0.2, 0.25) is 10.0 Å². The Hall–Kier alpha value is -10.7. The van der Waals surface area contributed by atoms with Crippen molar-refractivity contribution in [3.05, 3.63) is 257 Å². The number of carbonyl (C=O) groups is 10. The van der Waals surface area contributed by atoms with Gasteiger partial charge in [0.2, 0.25) is 35.1 Å². The van der Waals surface area contributed by atoms with Gasteiger partial charge in [0.25, 0.3) is 5.91 Å². The molecule has 8 aromatic rings. The Kier molecular flexibility index (Phi) is 29.6. The third kappa shape index (κ3) is 21.8. The fraction of sp³-hybridized carbons (Fsp3) is 0.333. The van der Waals surface area contributed by atoms with Crippen molar-refractivity contribution in [3.63, 3.8) is 0 Å². The number of hydrogen-bond acceptors (Lipinski definition) is 12. The van der Waals surface area contributed by atoms with Gasteiger partial charge in [-0.15, -0.1) is 0 Å². The zero-order valence-corrected chi connectivity index (χ0v) is 63.8. The summed E-state index contributed by atoms with van der Waals surface area (Å²) in [5.74, 6) is -6.08. The molecule has 0 aliphatic carbocycles. The fourth-order valence-electron chi connectivity index (χ4n) is 14.4. The Bertz CT molecular complexity index is 4480. The first kappa shape index (κ1) is 83.3. The lowest BCUT2D eigenvalue weighted by atomic mass is 9.91. The van der Waals surface area contributed by atoms with E-state index in [-0.39, 0.29) is 96.8 Å². The summed E-state index contributed by atoms with van der Waals surface area (Å²) in [6.07, 6.45) is 5.52. The number of halogens is 4. The summed E-state index contributed by atoms with van der Waals surface area (Å²) in [5.41, 5.74) is 4.15. The molecular formula is C87H92Cl2F2N6O13. The second-order valence-corrected chi connectivity index (χ2v) is 29.2. The number of nitrogens with one attached hydrogen (secondary N) is 1. The van der Waals surface area contributed by atoms with Crippen LogP contribution in [0.1, 0.15) is 122 Å². The van der Waals surface area contributed by atoms with Crippen LogP contribution in [0.15, 0.2) is 218 Å². The van der Waals surface area contributed by atoms with Crippen LogP contribution in [0, 0.1) is 29.4 Å². The third-order valence-electron chi connectivity index (χ3n) is 19.9. The van der Waals surface area contributed by atoms with E-state index in [4.69, 9.17) is 33.0 Å². The summed E-state index contributed by atoms with van der Waals surface area (Å²) in [4.78, 5) is 128. The smallest absolute Gasteiger partial charge is 0.318 e. The van der Waals surface area contributed by atoms with E-state index in [9.17, 15) is 61.8 Å². The van der Waals surface area contributed by atoms with Crippen molar-refractivity contribution in [1.29, 1.82) is 0 Å². The van der Waals surface area contributed by atoms with E-state index in [0.717, 1.165) is 47.6 Å². The molecule has 6 heterocycles. The molecule has 6 aliphatic rings. The quantitative estimate of drug-likeness (QED) is 0.0567. The minimum absolute atomic E-state index is 0.0147. The number of nitrogens with zero attached hydrogens (tertiary/aromatic N) is 5. The maximum atomic E-state index is 13.4. The van der Waals surface area contributed by atoms with Gasteiger partial charge in [-0.1, -0.05) is 145 Å². The third-order valence-corrected chi connectivity index (χ3v) is 20.4. The molecule has 0 bridgehead atoms. The van der Waals surface area contributed by atoms with E-state index in [2.05, 4.69) is 12.2 Å². The van der Waals surface area contributed by atoms with Crippen molar-refractivity contribution < 1.29 is 71.7 Å². The second-order valence-electron chi connectivity index (χ2n) is 28.3. The first-order valence-corrected chi connectivity index (χ1v) is 37.7. The van der Waals surface area contributed by atoms with Crippen molar-refractivity contribution >= 4 is 111 Å². The molecule has 23 heteroatoms. The van der Waals surface area contributed by atoms with Crippen LogP contribution in [0.3, 0.4) is 0 Å². The number of anilines is 5. The lowest BCUT2D eigenvalue weighted by molar-refractivity contribution is -0.152. The molecule has 3 N–H and O–H groups in total. The highest BCUT2D eigenvalue weighted by atomic mass is 35.5. The Morgan fingerprint density at radius 1 is 0.464 bits per heavy atom. The van der Waals surface area contributed by atoms with Gasteiger partial charge in [0.15, 0.2) is 5.78 Å². The summed E-state index contributed by atoms with van der Waals surface area (Å²) >= 11 is 11.7. The number of aliphatic carboxylic acids is 1. The SMILES string of the molecule is CC1CC(C(=O)CCc2cc(F)cc(Cl)c2)C(=O)N1c1ccccc1.CC1CC(C(=O)O)C(=O)N1c1ccccc1.CC1CC(C(=O)OCc2ccccc2)C(=O)N1c1ccccc1.CC1CC(O)(C(=O)CCc2cc(F)cc(Cl)c2)C(=O)N1c1ccccc1.CC1CCC(=O)N1.CC1CCC(=O)N1c1ccccc1. The molecule has 0 spiro atoms. The number of aliphatic hydroxyl groups is 1. The zero-order chi connectivity index (χ0) is 79.3. The predicted octanol–water partition coefficient (Wildman–Crippen LogP) is 15.1. The molecule has 6 fully saturated rings. The van der Waals surface area contributed by atoms with E-state index >= 15 is 0 Å². The average Bonchev–Trinajstić information content (AvgIpc) is 1.61. The molecule has 10 atom stereocenters. The highest BCUT2D eigenvalue weighted by molar-refractivity contribution is 6.31. The van der Waals surface area contributed by atoms with Gasteiger partial charge in [-0.3, -0.25) is 47.9 Å². The summed E-state index contributed by atoms with van der Waals surface area (Å²) in [7, 11) is 0. The van der Waals surface area contributed by atoms with E-state index in [1.807, 2.05) is 190 Å². The van der Waals surface area contributed by atoms with E-state index in [1.54, 1.807) is 58.0 Å². The molecule has 576 valence electrons. The van der Waals surface area contributed by atoms with Gasteiger partial charge in [-0.2, -0.15) is 0 Å². The summed E-state index contributed by atoms with van der Waals surface area (Å²) in [6, 6.07) is 64.9. The van der Waals surface area contributed by atoms with Gasteiger partial charge in [-0.05, 0) is 200 Å². The number of ketones is 2. The van der Waals surface area contributed by atoms with Crippen molar-refractivity contribution in [1.82, 2.24) is 5.32 Å². The molecule has 10 unspecified atom stereocenters. The number of carboxylic acid groups (broad SMARTS) is 1. The van der Waals surface area contributed by atoms with E-state index < -0.39 is 58.6 Å². The lowest BCUT2D eigenvalue weighted by Gasteiger charge is -2.23. The van der Waals surface area contributed by atoms with Crippen LogP contribution in [0.5, 0.6) is 0 Å². The molecule has 14 rings (SSSR count). The zero-order valence-electron chi connectivity index (χ0n) is 62.3. The number of hydrogen-bond donors (Lipinski definition) is 3. The number of amides is 6. The van der Waals surface area contributed by atoms with Gasteiger partial charge >= 0.3 is 11.9 Å². The fourth-order valence-corrected chi connectivity index (χ4v) is 14.9. The van der Waals surface area contributed by atoms with Crippen molar-refractivity contribution in [3.8, 4) is 0 Å². The van der Waals surface area contributed by atoms with Gasteiger partial charge in [0.1, 0.15) is 35.9 Å². The van der Waals surface area contributed by atoms with Crippen LogP contribution in [-0.4, -0.2) is 111 Å². The van der Waals surface area contributed by atoms with E-state index in [1.165, 1.54) is 29.2 Å². The monoisotopic (exact) mass is 1540 g/mol. The Morgan fingerprint density at radius 2 is 0.855 bits per heavy atom. The Morgan fingerprint density at radius 3 is 1.24 bits per heavy atom. The molecule has 0 saturated carbocycles. The Labute approximate surface area is 650 Å². The number of carboxylic acids is 1. The maximum absolute atomic E-state index is 13.4. The van der Waals surface area contributed by atoms with E-state index in [0.29, 0.717) is 66.0 Å².